The Hall–Kier alpha value is -1.37. The van der Waals surface area contributed by atoms with Crippen LogP contribution in [0.4, 0.5) is 0 Å². The van der Waals surface area contributed by atoms with Gasteiger partial charge < -0.3 is 5.32 Å². The Labute approximate surface area is 103 Å². The molecule has 3 nitrogen and oxygen atoms in total. The molecule has 1 heterocycles. The van der Waals surface area contributed by atoms with Crippen LogP contribution in [-0.4, -0.2) is 31.1 Å². The number of nitrogens with one attached hydrogen (secondary N) is 1. The maximum atomic E-state index is 8.80. The Kier molecular flexibility index (Phi) is 4.13. The molecule has 0 amide bonds. The molecular formula is C14H19N3. The summed E-state index contributed by atoms with van der Waals surface area (Å²) in [5.74, 6) is 0. The molecule has 0 bridgehead atoms. The summed E-state index contributed by atoms with van der Waals surface area (Å²) in [6.45, 7) is 6.60. The first kappa shape index (κ1) is 12.1. The van der Waals surface area contributed by atoms with Gasteiger partial charge >= 0.3 is 0 Å². The van der Waals surface area contributed by atoms with Crippen molar-refractivity contribution in [2.45, 2.75) is 19.4 Å². The zero-order valence-corrected chi connectivity index (χ0v) is 10.3. The Morgan fingerprint density at radius 2 is 1.94 bits per heavy atom. The fraction of sp³-hybridized carbons (Fsp3) is 0.500. The second-order valence-corrected chi connectivity index (χ2v) is 4.44. The Balaban J connectivity index is 2.13. The van der Waals surface area contributed by atoms with Crippen LogP contribution in [0.15, 0.2) is 24.3 Å². The molecule has 1 saturated heterocycles. The molecule has 0 aromatic heterocycles. The van der Waals surface area contributed by atoms with Crippen LogP contribution in [0.5, 0.6) is 0 Å². The van der Waals surface area contributed by atoms with Gasteiger partial charge in [0, 0.05) is 32.2 Å². The molecule has 0 saturated carbocycles. The van der Waals surface area contributed by atoms with Crippen LogP contribution >= 0.6 is 0 Å². The van der Waals surface area contributed by atoms with Crippen LogP contribution < -0.4 is 5.32 Å². The van der Waals surface area contributed by atoms with Crippen molar-refractivity contribution < 1.29 is 0 Å². The first-order valence-corrected chi connectivity index (χ1v) is 6.30. The first-order valence-electron chi connectivity index (χ1n) is 6.30. The number of nitriles is 1. The molecular weight excluding hydrogens is 210 g/mol. The molecule has 1 atom stereocenters. The molecule has 1 aromatic carbocycles. The Morgan fingerprint density at radius 3 is 2.47 bits per heavy atom. The van der Waals surface area contributed by atoms with Crippen LogP contribution in [-0.2, 0) is 0 Å². The van der Waals surface area contributed by atoms with E-state index in [-0.39, 0.29) is 0 Å². The van der Waals surface area contributed by atoms with Gasteiger partial charge in [0.2, 0.25) is 0 Å². The average molecular weight is 229 g/mol. The molecule has 3 heteroatoms. The zero-order chi connectivity index (χ0) is 12.1. The van der Waals surface area contributed by atoms with Gasteiger partial charge in [0.15, 0.2) is 0 Å². The molecule has 0 radical (unpaired) electrons. The van der Waals surface area contributed by atoms with Crippen molar-refractivity contribution >= 4 is 0 Å². The molecule has 1 aliphatic rings. The van der Waals surface area contributed by atoms with E-state index in [1.54, 1.807) is 0 Å². The van der Waals surface area contributed by atoms with Gasteiger partial charge in [-0.25, -0.2) is 0 Å². The number of rotatable bonds is 3. The lowest BCUT2D eigenvalue weighted by atomic mass is 10.0. The minimum Gasteiger partial charge on any atom is -0.314 e. The standard InChI is InChI=1S/C14H19N3/c1-2-14(17-9-7-16-8-10-17)13-5-3-12(11-15)4-6-13/h3-6,14,16H,2,7-10H2,1H3/t14-/m1/s1. The highest BCUT2D eigenvalue weighted by atomic mass is 15.2. The molecule has 1 N–H and O–H groups in total. The third-order valence-corrected chi connectivity index (χ3v) is 3.40. The summed E-state index contributed by atoms with van der Waals surface area (Å²) in [6, 6.07) is 10.7. The van der Waals surface area contributed by atoms with Crippen molar-refractivity contribution in [3.63, 3.8) is 0 Å². The van der Waals surface area contributed by atoms with Crippen molar-refractivity contribution in [3.8, 4) is 6.07 Å². The number of benzene rings is 1. The second kappa shape index (κ2) is 5.81. The van der Waals surface area contributed by atoms with E-state index in [9.17, 15) is 0 Å². The van der Waals surface area contributed by atoms with E-state index in [1.165, 1.54) is 5.56 Å². The van der Waals surface area contributed by atoms with Gasteiger partial charge in [-0.05, 0) is 24.1 Å². The molecule has 17 heavy (non-hydrogen) atoms. The topological polar surface area (TPSA) is 39.1 Å². The molecule has 1 fully saturated rings. The minimum absolute atomic E-state index is 0.491. The number of piperazine rings is 1. The van der Waals surface area contributed by atoms with Crippen molar-refractivity contribution in [2.75, 3.05) is 26.2 Å². The van der Waals surface area contributed by atoms with Gasteiger partial charge in [-0.2, -0.15) is 5.26 Å². The van der Waals surface area contributed by atoms with Crippen molar-refractivity contribution in [3.05, 3.63) is 35.4 Å². The predicted molar refractivity (Wildman–Crippen MR) is 68.6 cm³/mol. The number of hydrogen-bond donors (Lipinski definition) is 1. The Morgan fingerprint density at radius 1 is 1.29 bits per heavy atom. The predicted octanol–water partition coefficient (Wildman–Crippen LogP) is 1.91. The first-order chi connectivity index (χ1) is 8.35. The number of hydrogen-bond acceptors (Lipinski definition) is 3. The summed E-state index contributed by atoms with van der Waals surface area (Å²) >= 11 is 0. The van der Waals surface area contributed by atoms with Gasteiger partial charge in [0.05, 0.1) is 11.6 Å². The van der Waals surface area contributed by atoms with E-state index in [2.05, 4.69) is 35.3 Å². The fourth-order valence-electron chi connectivity index (χ4n) is 2.48. The third-order valence-electron chi connectivity index (χ3n) is 3.40. The van der Waals surface area contributed by atoms with E-state index >= 15 is 0 Å². The molecule has 0 spiro atoms. The van der Waals surface area contributed by atoms with Crippen molar-refractivity contribution in [1.29, 1.82) is 5.26 Å². The fourth-order valence-corrected chi connectivity index (χ4v) is 2.48. The summed E-state index contributed by atoms with van der Waals surface area (Å²) in [5, 5.41) is 12.2. The average Bonchev–Trinajstić information content (AvgIpc) is 2.42. The highest BCUT2D eigenvalue weighted by Gasteiger charge is 2.20. The van der Waals surface area contributed by atoms with E-state index in [0.717, 1.165) is 38.2 Å². The smallest absolute Gasteiger partial charge is 0.0991 e. The van der Waals surface area contributed by atoms with E-state index in [0.29, 0.717) is 6.04 Å². The van der Waals surface area contributed by atoms with Gasteiger partial charge in [0.1, 0.15) is 0 Å². The monoisotopic (exact) mass is 229 g/mol. The van der Waals surface area contributed by atoms with Crippen LogP contribution in [0.3, 0.4) is 0 Å². The highest BCUT2D eigenvalue weighted by molar-refractivity contribution is 5.32. The normalized spacial score (nSPS) is 18.6. The van der Waals surface area contributed by atoms with Gasteiger partial charge in [-0.3, -0.25) is 4.90 Å². The number of nitrogens with zero attached hydrogens (tertiary/aromatic N) is 2. The van der Waals surface area contributed by atoms with Crippen LogP contribution in [0, 0.1) is 11.3 Å². The molecule has 0 unspecified atom stereocenters. The lowest BCUT2D eigenvalue weighted by Gasteiger charge is -2.34. The molecule has 1 aromatic rings. The van der Waals surface area contributed by atoms with Gasteiger partial charge in [0.25, 0.3) is 0 Å². The summed E-state index contributed by atoms with van der Waals surface area (Å²) in [4.78, 5) is 2.53. The van der Waals surface area contributed by atoms with Crippen LogP contribution in [0.25, 0.3) is 0 Å². The summed E-state index contributed by atoms with van der Waals surface area (Å²) in [6.07, 6.45) is 1.12. The second-order valence-electron chi connectivity index (χ2n) is 4.44. The lowest BCUT2D eigenvalue weighted by Crippen LogP contribution is -2.45. The summed E-state index contributed by atoms with van der Waals surface area (Å²) < 4.78 is 0. The molecule has 1 aliphatic heterocycles. The van der Waals surface area contributed by atoms with Gasteiger partial charge in [-0.15, -0.1) is 0 Å². The summed E-state index contributed by atoms with van der Waals surface area (Å²) in [7, 11) is 0. The van der Waals surface area contributed by atoms with Gasteiger partial charge in [-0.1, -0.05) is 19.1 Å². The van der Waals surface area contributed by atoms with Crippen molar-refractivity contribution in [1.82, 2.24) is 10.2 Å². The summed E-state index contributed by atoms with van der Waals surface area (Å²) in [5.41, 5.74) is 2.07. The zero-order valence-electron chi connectivity index (χ0n) is 10.3. The third kappa shape index (κ3) is 2.85. The van der Waals surface area contributed by atoms with Crippen LogP contribution in [0.1, 0.15) is 30.5 Å². The van der Waals surface area contributed by atoms with Crippen molar-refractivity contribution in [2.24, 2.45) is 0 Å². The maximum Gasteiger partial charge on any atom is 0.0991 e. The quantitative estimate of drug-likeness (QED) is 0.860. The highest BCUT2D eigenvalue weighted by Crippen LogP contribution is 2.24. The minimum atomic E-state index is 0.491. The largest absolute Gasteiger partial charge is 0.314 e. The van der Waals surface area contributed by atoms with E-state index < -0.39 is 0 Å². The lowest BCUT2D eigenvalue weighted by molar-refractivity contribution is 0.169. The van der Waals surface area contributed by atoms with E-state index in [1.807, 2.05) is 12.1 Å². The molecule has 90 valence electrons. The van der Waals surface area contributed by atoms with E-state index in [4.69, 9.17) is 5.26 Å². The SMILES string of the molecule is CC[C@H](c1ccc(C#N)cc1)N1CCNCC1. The Bertz CT molecular complexity index is 385. The molecule has 0 aliphatic carbocycles. The maximum absolute atomic E-state index is 8.80. The molecule has 2 rings (SSSR count). The van der Waals surface area contributed by atoms with Crippen LogP contribution in [0.2, 0.25) is 0 Å².